The smallest absolute Gasteiger partial charge is 0.224 e. The summed E-state index contributed by atoms with van der Waals surface area (Å²) in [7, 11) is 0. The summed E-state index contributed by atoms with van der Waals surface area (Å²) in [6.07, 6.45) is 7.37. The van der Waals surface area contributed by atoms with Crippen molar-refractivity contribution in [2.75, 3.05) is 5.32 Å². The molecule has 0 bridgehead atoms. The van der Waals surface area contributed by atoms with Gasteiger partial charge in [0, 0.05) is 29.2 Å². The van der Waals surface area contributed by atoms with Gasteiger partial charge in [-0.05, 0) is 67.1 Å². The molecule has 0 aliphatic carbocycles. The monoisotopic (exact) mass is 411 g/mol. The van der Waals surface area contributed by atoms with Crippen molar-refractivity contribution in [2.45, 2.75) is 45.4 Å². The predicted molar refractivity (Wildman–Crippen MR) is 128 cm³/mol. The van der Waals surface area contributed by atoms with E-state index in [0.717, 1.165) is 41.9 Å². The van der Waals surface area contributed by atoms with Gasteiger partial charge in [0.25, 0.3) is 0 Å². The summed E-state index contributed by atoms with van der Waals surface area (Å²) in [5.41, 5.74) is 6.49. The van der Waals surface area contributed by atoms with Crippen LogP contribution in [0.15, 0.2) is 72.9 Å². The van der Waals surface area contributed by atoms with E-state index in [9.17, 15) is 4.79 Å². The molecular formula is C27H29N3O. The lowest BCUT2D eigenvalue weighted by atomic mass is 10.0. The highest BCUT2D eigenvalue weighted by Gasteiger charge is 2.14. The molecule has 4 nitrogen and oxygen atoms in total. The number of carbonyl (C=O) groups excluding carboxylic acids is 1. The summed E-state index contributed by atoms with van der Waals surface area (Å²) < 4.78 is 0. The van der Waals surface area contributed by atoms with E-state index in [4.69, 9.17) is 0 Å². The van der Waals surface area contributed by atoms with Crippen molar-refractivity contribution in [1.29, 1.82) is 0 Å². The summed E-state index contributed by atoms with van der Waals surface area (Å²) in [6.45, 7) is 2.20. The summed E-state index contributed by atoms with van der Waals surface area (Å²) in [4.78, 5) is 20.5. The first-order chi connectivity index (χ1) is 15.2. The van der Waals surface area contributed by atoms with Crippen molar-refractivity contribution in [1.82, 2.24) is 9.97 Å². The molecule has 0 atom stereocenters. The minimum atomic E-state index is 0.0561. The number of nitrogens with zero attached hydrogens (tertiary/aromatic N) is 1. The molecule has 0 radical (unpaired) electrons. The van der Waals surface area contributed by atoms with Crippen molar-refractivity contribution in [2.24, 2.45) is 0 Å². The van der Waals surface area contributed by atoms with Crippen LogP contribution in [-0.2, 0) is 17.6 Å². The quantitative estimate of drug-likeness (QED) is 0.329. The van der Waals surface area contributed by atoms with Crippen molar-refractivity contribution in [3.05, 3.63) is 84.1 Å². The molecule has 0 saturated heterocycles. The summed E-state index contributed by atoms with van der Waals surface area (Å²) in [5.74, 6) is 0.0561. The zero-order valence-corrected chi connectivity index (χ0v) is 18.0. The van der Waals surface area contributed by atoms with E-state index in [1.807, 2.05) is 42.6 Å². The van der Waals surface area contributed by atoms with Gasteiger partial charge in [0.05, 0.1) is 11.4 Å². The van der Waals surface area contributed by atoms with Gasteiger partial charge >= 0.3 is 0 Å². The Morgan fingerprint density at radius 1 is 0.935 bits per heavy atom. The van der Waals surface area contributed by atoms with Crippen molar-refractivity contribution in [3.63, 3.8) is 0 Å². The van der Waals surface area contributed by atoms with Gasteiger partial charge in [-0.1, -0.05) is 49.7 Å². The Balaban J connectivity index is 1.40. The van der Waals surface area contributed by atoms with Gasteiger partial charge in [0.15, 0.2) is 0 Å². The van der Waals surface area contributed by atoms with Crippen LogP contribution in [0.2, 0.25) is 0 Å². The van der Waals surface area contributed by atoms with Crippen LogP contribution in [-0.4, -0.2) is 15.9 Å². The van der Waals surface area contributed by atoms with Gasteiger partial charge in [0.1, 0.15) is 0 Å². The molecule has 2 heterocycles. The SMILES string of the molecule is CCCCc1ccc(NC(=O)CCCc2c(-c3ccccn3)[nH]c3ccccc23)cc1. The number of fused-ring (bicyclic) bond motifs is 1. The van der Waals surface area contributed by atoms with Crippen LogP contribution in [0.25, 0.3) is 22.3 Å². The lowest BCUT2D eigenvalue weighted by Gasteiger charge is -2.08. The Hall–Kier alpha value is -3.40. The molecule has 31 heavy (non-hydrogen) atoms. The standard InChI is InChI=1S/C27H29N3O/c1-2-3-9-20-15-17-21(18-16-20)29-26(31)14-8-11-23-22-10-4-5-12-24(22)30-27(23)25-13-6-7-19-28-25/h4-7,10,12-13,15-19,30H,2-3,8-9,11,14H2,1H3,(H,29,31). The fraction of sp³-hybridized carbons (Fsp3) is 0.259. The van der Waals surface area contributed by atoms with Crippen molar-refractivity contribution < 1.29 is 4.79 Å². The Morgan fingerprint density at radius 2 is 1.74 bits per heavy atom. The summed E-state index contributed by atoms with van der Waals surface area (Å²) in [6, 6.07) is 22.5. The topological polar surface area (TPSA) is 57.8 Å². The van der Waals surface area contributed by atoms with Crippen LogP contribution < -0.4 is 5.32 Å². The molecule has 158 valence electrons. The average Bonchev–Trinajstić information content (AvgIpc) is 3.18. The number of H-pyrrole nitrogens is 1. The van der Waals surface area contributed by atoms with Gasteiger partial charge in [-0.2, -0.15) is 0 Å². The number of amides is 1. The van der Waals surface area contributed by atoms with E-state index in [2.05, 4.69) is 52.5 Å². The third-order valence-corrected chi connectivity index (χ3v) is 5.62. The number of aromatic amines is 1. The van der Waals surface area contributed by atoms with Gasteiger partial charge in [-0.3, -0.25) is 9.78 Å². The largest absolute Gasteiger partial charge is 0.353 e. The molecule has 4 aromatic rings. The number of aromatic nitrogens is 2. The molecule has 0 unspecified atom stereocenters. The minimum Gasteiger partial charge on any atom is -0.353 e. The second-order valence-electron chi connectivity index (χ2n) is 7.94. The third-order valence-electron chi connectivity index (χ3n) is 5.62. The first kappa shape index (κ1) is 20.9. The predicted octanol–water partition coefficient (Wildman–Crippen LogP) is 6.53. The zero-order valence-electron chi connectivity index (χ0n) is 18.0. The Morgan fingerprint density at radius 3 is 2.52 bits per heavy atom. The van der Waals surface area contributed by atoms with E-state index < -0.39 is 0 Å². The van der Waals surface area contributed by atoms with Crippen LogP contribution in [0.5, 0.6) is 0 Å². The molecule has 0 spiro atoms. The number of pyridine rings is 1. The highest BCUT2D eigenvalue weighted by atomic mass is 16.1. The molecular weight excluding hydrogens is 382 g/mol. The minimum absolute atomic E-state index is 0.0561. The fourth-order valence-corrected chi connectivity index (χ4v) is 3.97. The van der Waals surface area contributed by atoms with Crippen molar-refractivity contribution >= 4 is 22.5 Å². The van der Waals surface area contributed by atoms with E-state index in [1.54, 1.807) is 0 Å². The van der Waals surface area contributed by atoms with Crippen LogP contribution in [0.4, 0.5) is 5.69 Å². The van der Waals surface area contributed by atoms with Crippen LogP contribution in [0.3, 0.4) is 0 Å². The van der Waals surface area contributed by atoms with Gasteiger partial charge in [0.2, 0.25) is 5.91 Å². The average molecular weight is 412 g/mol. The number of carbonyl (C=O) groups is 1. The molecule has 2 N–H and O–H groups in total. The maximum Gasteiger partial charge on any atom is 0.224 e. The van der Waals surface area contributed by atoms with Gasteiger partial charge < -0.3 is 10.3 Å². The molecule has 1 amide bonds. The number of benzene rings is 2. The molecule has 4 rings (SSSR count). The lowest BCUT2D eigenvalue weighted by molar-refractivity contribution is -0.116. The number of rotatable bonds is 9. The van der Waals surface area contributed by atoms with Gasteiger partial charge in [-0.25, -0.2) is 0 Å². The normalized spacial score (nSPS) is 11.0. The maximum atomic E-state index is 12.5. The summed E-state index contributed by atoms with van der Waals surface area (Å²) >= 11 is 0. The zero-order chi connectivity index (χ0) is 21.5. The molecule has 0 aliphatic rings. The Kier molecular flexibility index (Phi) is 6.78. The summed E-state index contributed by atoms with van der Waals surface area (Å²) in [5, 5.41) is 4.23. The Bertz CT molecular complexity index is 1130. The van der Waals surface area contributed by atoms with E-state index >= 15 is 0 Å². The number of nitrogens with one attached hydrogen (secondary N) is 2. The second kappa shape index (κ2) is 10.1. The highest BCUT2D eigenvalue weighted by molar-refractivity contribution is 5.91. The van der Waals surface area contributed by atoms with Crippen LogP contribution in [0.1, 0.15) is 43.7 Å². The van der Waals surface area contributed by atoms with E-state index in [0.29, 0.717) is 6.42 Å². The molecule has 2 aromatic carbocycles. The third kappa shape index (κ3) is 5.21. The number of aryl methyl sites for hydroxylation is 2. The fourth-order valence-electron chi connectivity index (χ4n) is 3.97. The molecule has 0 fully saturated rings. The number of hydrogen-bond acceptors (Lipinski definition) is 2. The number of para-hydroxylation sites is 1. The molecule has 4 heteroatoms. The maximum absolute atomic E-state index is 12.5. The lowest BCUT2D eigenvalue weighted by Crippen LogP contribution is -2.11. The van der Waals surface area contributed by atoms with E-state index in [-0.39, 0.29) is 5.91 Å². The van der Waals surface area contributed by atoms with E-state index in [1.165, 1.54) is 29.4 Å². The van der Waals surface area contributed by atoms with Crippen LogP contribution in [0, 0.1) is 0 Å². The van der Waals surface area contributed by atoms with Crippen LogP contribution >= 0.6 is 0 Å². The second-order valence-corrected chi connectivity index (χ2v) is 7.94. The first-order valence-electron chi connectivity index (χ1n) is 11.1. The highest BCUT2D eigenvalue weighted by Crippen LogP contribution is 2.30. The van der Waals surface area contributed by atoms with Crippen molar-refractivity contribution in [3.8, 4) is 11.4 Å². The number of hydrogen-bond donors (Lipinski definition) is 2. The van der Waals surface area contributed by atoms with Gasteiger partial charge in [-0.15, -0.1) is 0 Å². The molecule has 0 saturated carbocycles. The molecule has 0 aliphatic heterocycles. The first-order valence-corrected chi connectivity index (χ1v) is 11.1. The Labute approximate surface area is 183 Å². The number of unbranched alkanes of at least 4 members (excludes halogenated alkanes) is 1. The molecule has 2 aromatic heterocycles. The number of anilines is 1.